The van der Waals surface area contributed by atoms with Gasteiger partial charge in [-0.1, -0.05) is 23.2 Å². The van der Waals surface area contributed by atoms with Gasteiger partial charge in [0.15, 0.2) is 0 Å². The molecular weight excluding hydrogens is 283 g/mol. The van der Waals surface area contributed by atoms with E-state index >= 15 is 0 Å². The molecule has 0 aliphatic carbocycles. The van der Waals surface area contributed by atoms with Crippen LogP contribution in [0.2, 0.25) is 10.0 Å². The van der Waals surface area contributed by atoms with E-state index in [-0.39, 0.29) is 6.54 Å². The average Bonchev–Trinajstić information content (AvgIpc) is 2.35. The molecule has 1 heterocycles. The van der Waals surface area contributed by atoms with Gasteiger partial charge < -0.3 is 10.5 Å². The summed E-state index contributed by atoms with van der Waals surface area (Å²) in [6.07, 6.45) is 0. The van der Waals surface area contributed by atoms with E-state index < -0.39 is 0 Å². The molecule has 0 unspecified atom stereocenters. The van der Waals surface area contributed by atoms with E-state index in [9.17, 15) is 0 Å². The van der Waals surface area contributed by atoms with E-state index in [2.05, 4.69) is 4.98 Å². The Morgan fingerprint density at radius 1 is 1.16 bits per heavy atom. The Balaban J connectivity index is 2.36. The number of aryl methyl sites for hydroxylation is 2. The first-order valence-electron chi connectivity index (χ1n) is 5.81. The predicted octanol–water partition coefficient (Wildman–Crippen LogP) is 4.26. The van der Waals surface area contributed by atoms with Crippen LogP contribution in [0.4, 0.5) is 0 Å². The third kappa shape index (κ3) is 3.18. The van der Waals surface area contributed by atoms with Crippen LogP contribution in [0.3, 0.4) is 0 Å². The van der Waals surface area contributed by atoms with Crippen molar-refractivity contribution in [3.05, 3.63) is 51.1 Å². The zero-order valence-electron chi connectivity index (χ0n) is 10.7. The first kappa shape index (κ1) is 14.1. The van der Waals surface area contributed by atoms with E-state index in [1.807, 2.05) is 26.0 Å². The van der Waals surface area contributed by atoms with Gasteiger partial charge in [-0.25, -0.2) is 4.98 Å². The monoisotopic (exact) mass is 296 g/mol. The largest absolute Gasteiger partial charge is 0.438 e. The van der Waals surface area contributed by atoms with Gasteiger partial charge in [0, 0.05) is 17.6 Å². The first-order valence-corrected chi connectivity index (χ1v) is 6.57. The summed E-state index contributed by atoms with van der Waals surface area (Å²) in [5, 5.41) is 1.23. The predicted molar refractivity (Wildman–Crippen MR) is 78.1 cm³/mol. The van der Waals surface area contributed by atoms with Gasteiger partial charge in [-0.2, -0.15) is 0 Å². The van der Waals surface area contributed by atoms with E-state index in [4.69, 9.17) is 33.7 Å². The number of rotatable bonds is 3. The normalized spacial score (nSPS) is 10.6. The molecule has 0 amide bonds. The summed E-state index contributed by atoms with van der Waals surface area (Å²) in [6, 6.07) is 7.15. The van der Waals surface area contributed by atoms with Gasteiger partial charge in [0.25, 0.3) is 0 Å². The number of aromatic nitrogens is 1. The molecule has 0 spiro atoms. The molecule has 0 atom stereocenters. The molecule has 2 rings (SSSR count). The number of hydrogen-bond acceptors (Lipinski definition) is 3. The molecule has 0 bridgehead atoms. The highest BCUT2D eigenvalue weighted by Gasteiger charge is 2.09. The number of ether oxygens (including phenoxy) is 1. The summed E-state index contributed by atoms with van der Waals surface area (Å²) in [7, 11) is 0. The molecule has 1 aromatic carbocycles. The minimum Gasteiger partial charge on any atom is -0.438 e. The van der Waals surface area contributed by atoms with Crippen LogP contribution < -0.4 is 10.5 Å². The van der Waals surface area contributed by atoms with Crippen LogP contribution in [-0.2, 0) is 6.54 Å². The molecule has 0 saturated carbocycles. The standard InChI is InChI=1S/C14H14Cl2N2O/c1-8-5-10(15)6-9(2)14(8)19-13-4-3-11(16)12(7-17)18-13/h3-6H,7,17H2,1-2H3. The molecule has 0 aliphatic heterocycles. The van der Waals surface area contributed by atoms with Crippen LogP contribution in [0.15, 0.2) is 24.3 Å². The van der Waals surface area contributed by atoms with Crippen molar-refractivity contribution in [1.82, 2.24) is 4.98 Å². The minimum atomic E-state index is 0.272. The van der Waals surface area contributed by atoms with Crippen molar-refractivity contribution in [2.45, 2.75) is 20.4 Å². The van der Waals surface area contributed by atoms with Gasteiger partial charge in [0.05, 0.1) is 10.7 Å². The van der Waals surface area contributed by atoms with Gasteiger partial charge in [0.1, 0.15) is 5.75 Å². The van der Waals surface area contributed by atoms with E-state index in [1.165, 1.54) is 0 Å². The molecule has 2 aromatic rings. The maximum absolute atomic E-state index is 5.99. The second-order valence-corrected chi connectivity index (χ2v) is 5.10. The van der Waals surface area contributed by atoms with Gasteiger partial charge >= 0.3 is 0 Å². The molecule has 0 aliphatic rings. The van der Waals surface area contributed by atoms with Crippen LogP contribution in [0.5, 0.6) is 11.6 Å². The molecule has 0 saturated heterocycles. The summed E-state index contributed by atoms with van der Waals surface area (Å²) in [5.74, 6) is 1.22. The number of nitrogens with zero attached hydrogens (tertiary/aromatic N) is 1. The Hall–Kier alpha value is -1.29. The van der Waals surface area contributed by atoms with Crippen molar-refractivity contribution in [1.29, 1.82) is 0 Å². The SMILES string of the molecule is Cc1cc(Cl)cc(C)c1Oc1ccc(Cl)c(CN)n1. The van der Waals surface area contributed by atoms with Gasteiger partial charge in [-0.3, -0.25) is 0 Å². The Labute approximate surface area is 122 Å². The van der Waals surface area contributed by atoms with Crippen molar-refractivity contribution in [2.24, 2.45) is 5.73 Å². The smallest absolute Gasteiger partial charge is 0.219 e. The highest BCUT2D eigenvalue weighted by Crippen LogP contribution is 2.31. The van der Waals surface area contributed by atoms with Gasteiger partial charge in [0.2, 0.25) is 5.88 Å². The van der Waals surface area contributed by atoms with Crippen molar-refractivity contribution < 1.29 is 4.74 Å². The van der Waals surface area contributed by atoms with Crippen LogP contribution >= 0.6 is 23.2 Å². The fourth-order valence-electron chi connectivity index (χ4n) is 1.83. The molecule has 2 N–H and O–H groups in total. The summed E-state index contributed by atoms with van der Waals surface area (Å²) in [6.45, 7) is 4.15. The lowest BCUT2D eigenvalue weighted by atomic mass is 10.1. The van der Waals surface area contributed by atoms with Crippen molar-refractivity contribution in [3.63, 3.8) is 0 Å². The van der Waals surface area contributed by atoms with E-state index in [1.54, 1.807) is 12.1 Å². The van der Waals surface area contributed by atoms with Crippen molar-refractivity contribution >= 4 is 23.2 Å². The number of benzene rings is 1. The number of nitrogens with two attached hydrogens (primary N) is 1. The van der Waals surface area contributed by atoms with E-state index in [0.717, 1.165) is 16.9 Å². The third-order valence-corrected chi connectivity index (χ3v) is 3.28. The van der Waals surface area contributed by atoms with Crippen molar-refractivity contribution in [2.75, 3.05) is 0 Å². The second-order valence-electron chi connectivity index (χ2n) is 4.25. The molecule has 1 aromatic heterocycles. The van der Waals surface area contributed by atoms with Crippen LogP contribution in [-0.4, -0.2) is 4.98 Å². The maximum Gasteiger partial charge on any atom is 0.219 e. The molecule has 100 valence electrons. The molecular formula is C14H14Cl2N2O. The molecule has 0 radical (unpaired) electrons. The van der Waals surface area contributed by atoms with Gasteiger partial charge in [-0.05, 0) is 43.2 Å². The second kappa shape index (κ2) is 5.78. The lowest BCUT2D eigenvalue weighted by Crippen LogP contribution is -2.02. The zero-order chi connectivity index (χ0) is 14.0. The van der Waals surface area contributed by atoms with Crippen molar-refractivity contribution in [3.8, 4) is 11.6 Å². The Morgan fingerprint density at radius 3 is 2.37 bits per heavy atom. The molecule has 3 nitrogen and oxygen atoms in total. The highest BCUT2D eigenvalue weighted by atomic mass is 35.5. The lowest BCUT2D eigenvalue weighted by molar-refractivity contribution is 0.454. The van der Waals surface area contributed by atoms with Crippen LogP contribution in [0.1, 0.15) is 16.8 Å². The maximum atomic E-state index is 5.99. The van der Waals surface area contributed by atoms with E-state index in [0.29, 0.717) is 21.6 Å². The third-order valence-electron chi connectivity index (χ3n) is 2.72. The Morgan fingerprint density at radius 2 is 1.79 bits per heavy atom. The minimum absolute atomic E-state index is 0.272. The van der Waals surface area contributed by atoms with Gasteiger partial charge in [-0.15, -0.1) is 0 Å². The summed E-state index contributed by atoms with van der Waals surface area (Å²) < 4.78 is 5.81. The first-order chi connectivity index (χ1) is 9.01. The highest BCUT2D eigenvalue weighted by molar-refractivity contribution is 6.31. The lowest BCUT2D eigenvalue weighted by Gasteiger charge is -2.12. The molecule has 0 fully saturated rings. The zero-order valence-corrected chi connectivity index (χ0v) is 12.2. The Bertz CT molecular complexity index is 591. The van der Waals surface area contributed by atoms with Crippen LogP contribution in [0.25, 0.3) is 0 Å². The molecule has 5 heteroatoms. The summed E-state index contributed by atoms with van der Waals surface area (Å²) in [4.78, 5) is 4.28. The summed E-state index contributed by atoms with van der Waals surface area (Å²) in [5.41, 5.74) is 8.10. The average molecular weight is 297 g/mol. The quantitative estimate of drug-likeness (QED) is 0.921. The summed E-state index contributed by atoms with van der Waals surface area (Å²) >= 11 is 12.0. The topological polar surface area (TPSA) is 48.1 Å². The number of halogens is 2. The fourth-order valence-corrected chi connectivity index (χ4v) is 2.34. The number of pyridine rings is 1. The Kier molecular flexibility index (Phi) is 4.30. The molecule has 19 heavy (non-hydrogen) atoms. The van der Waals surface area contributed by atoms with Crippen LogP contribution in [0, 0.1) is 13.8 Å². The fraction of sp³-hybridized carbons (Fsp3) is 0.214. The number of hydrogen-bond donors (Lipinski definition) is 1.